The molecule has 0 aliphatic rings. The second-order valence-corrected chi connectivity index (χ2v) is 7.29. The highest BCUT2D eigenvalue weighted by atomic mass is 32.2. The summed E-state index contributed by atoms with van der Waals surface area (Å²) >= 11 is 1.32. The molecule has 0 radical (unpaired) electrons. The number of hydrogen-bond acceptors (Lipinski definition) is 6. The summed E-state index contributed by atoms with van der Waals surface area (Å²) in [6.07, 6.45) is 0. The Kier molecular flexibility index (Phi) is 7.08. The number of aromatic nitrogens is 3. The summed E-state index contributed by atoms with van der Waals surface area (Å²) in [5, 5.41) is 14.8. The van der Waals surface area contributed by atoms with Gasteiger partial charge in [-0.25, -0.2) is 0 Å². The summed E-state index contributed by atoms with van der Waals surface area (Å²) in [6, 6.07) is 14.7. The molecule has 1 heterocycles. The minimum Gasteiger partial charge on any atom is -0.495 e. The minimum absolute atomic E-state index is 0.121. The summed E-state index contributed by atoms with van der Waals surface area (Å²) < 4.78 is 7.21. The molecule has 2 N–H and O–H groups in total. The van der Waals surface area contributed by atoms with Crippen molar-refractivity contribution in [2.24, 2.45) is 0 Å². The number of hydrogen-bond donors (Lipinski definition) is 2. The molecule has 156 valence electrons. The van der Waals surface area contributed by atoms with Gasteiger partial charge in [0.25, 0.3) is 0 Å². The first-order valence-electron chi connectivity index (χ1n) is 9.38. The fourth-order valence-electron chi connectivity index (χ4n) is 2.86. The largest absolute Gasteiger partial charge is 0.495 e. The molecule has 0 saturated heterocycles. The van der Waals surface area contributed by atoms with Crippen LogP contribution in [0.25, 0.3) is 11.4 Å². The van der Waals surface area contributed by atoms with Gasteiger partial charge in [0, 0.05) is 24.7 Å². The lowest BCUT2D eigenvalue weighted by Crippen LogP contribution is -2.15. The van der Waals surface area contributed by atoms with Crippen LogP contribution < -0.4 is 15.4 Å². The number of ether oxygens (including phenoxy) is 1. The lowest BCUT2D eigenvalue weighted by atomic mass is 10.2. The van der Waals surface area contributed by atoms with Crippen molar-refractivity contribution in [1.82, 2.24) is 14.8 Å². The molecular formula is C21H23N5O3S. The number of rotatable bonds is 8. The number of anilines is 2. The number of nitrogens with zero attached hydrogens (tertiary/aromatic N) is 3. The first kappa shape index (κ1) is 21.4. The van der Waals surface area contributed by atoms with E-state index in [1.807, 2.05) is 47.9 Å². The molecule has 0 aliphatic carbocycles. The highest BCUT2D eigenvalue weighted by Gasteiger charge is 2.15. The average Bonchev–Trinajstić information content (AvgIpc) is 3.15. The highest BCUT2D eigenvalue weighted by molar-refractivity contribution is 7.99. The first-order valence-corrected chi connectivity index (χ1v) is 10.4. The number of carbonyl (C=O) groups excluding carboxylic acids is 2. The Hall–Kier alpha value is -3.33. The van der Waals surface area contributed by atoms with Gasteiger partial charge < -0.3 is 19.9 Å². The average molecular weight is 426 g/mol. The highest BCUT2D eigenvalue weighted by Crippen LogP contribution is 2.26. The molecule has 2 amide bonds. The molecule has 9 heteroatoms. The molecular weight excluding hydrogens is 402 g/mol. The zero-order valence-corrected chi connectivity index (χ0v) is 17.8. The minimum atomic E-state index is -0.156. The Labute approximate surface area is 179 Å². The van der Waals surface area contributed by atoms with Gasteiger partial charge in [0.1, 0.15) is 5.75 Å². The summed E-state index contributed by atoms with van der Waals surface area (Å²) in [6.45, 7) is 4.12. The maximum absolute atomic E-state index is 12.4. The van der Waals surface area contributed by atoms with Gasteiger partial charge in [-0.1, -0.05) is 23.9 Å². The zero-order valence-electron chi connectivity index (χ0n) is 17.0. The molecule has 0 saturated carbocycles. The third-order valence-corrected chi connectivity index (χ3v) is 5.18. The van der Waals surface area contributed by atoms with Crippen LogP contribution in [0.2, 0.25) is 0 Å². The molecule has 0 bridgehead atoms. The second kappa shape index (κ2) is 9.93. The van der Waals surface area contributed by atoms with E-state index in [0.29, 0.717) is 29.0 Å². The van der Waals surface area contributed by atoms with Crippen LogP contribution in [0.3, 0.4) is 0 Å². The van der Waals surface area contributed by atoms with E-state index in [4.69, 9.17) is 4.74 Å². The standard InChI is InChI=1S/C21H23N5O3S/c1-4-26-20(15-9-11-16(12-10-15)22-14(2)27)24-25-21(26)30-13-19(28)23-17-7-5-6-8-18(17)29-3/h5-12H,4,13H2,1-3H3,(H,22,27)(H,23,28). The molecule has 0 fully saturated rings. The summed E-state index contributed by atoms with van der Waals surface area (Å²) in [5.41, 5.74) is 2.22. The third-order valence-electron chi connectivity index (χ3n) is 4.21. The Morgan fingerprint density at radius 1 is 1.07 bits per heavy atom. The number of amides is 2. The molecule has 8 nitrogen and oxygen atoms in total. The van der Waals surface area contributed by atoms with Crippen LogP contribution in [0.1, 0.15) is 13.8 Å². The van der Waals surface area contributed by atoms with Gasteiger partial charge in [-0.2, -0.15) is 0 Å². The Morgan fingerprint density at radius 3 is 2.47 bits per heavy atom. The van der Waals surface area contributed by atoms with E-state index in [1.54, 1.807) is 19.2 Å². The van der Waals surface area contributed by atoms with Crippen molar-refractivity contribution in [3.8, 4) is 17.1 Å². The van der Waals surface area contributed by atoms with Crippen molar-refractivity contribution in [2.45, 2.75) is 25.5 Å². The van der Waals surface area contributed by atoms with Crippen LogP contribution in [0, 0.1) is 0 Å². The predicted octanol–water partition coefficient (Wildman–Crippen LogP) is 3.66. The van der Waals surface area contributed by atoms with E-state index in [1.165, 1.54) is 18.7 Å². The van der Waals surface area contributed by atoms with Crippen LogP contribution in [0.4, 0.5) is 11.4 Å². The number of nitrogens with one attached hydrogen (secondary N) is 2. The molecule has 1 aromatic heterocycles. The van der Waals surface area contributed by atoms with E-state index in [9.17, 15) is 9.59 Å². The lowest BCUT2D eigenvalue weighted by molar-refractivity contribution is -0.114. The Balaban J connectivity index is 1.68. The summed E-state index contributed by atoms with van der Waals surface area (Å²) in [7, 11) is 1.56. The molecule has 2 aromatic carbocycles. The van der Waals surface area contributed by atoms with Crippen LogP contribution in [-0.2, 0) is 16.1 Å². The summed E-state index contributed by atoms with van der Waals surface area (Å²) in [5.74, 6) is 1.23. The monoisotopic (exact) mass is 425 g/mol. The van der Waals surface area contributed by atoms with Crippen LogP contribution in [0.5, 0.6) is 5.75 Å². The number of thioether (sulfide) groups is 1. The Morgan fingerprint density at radius 2 is 1.80 bits per heavy atom. The van der Waals surface area contributed by atoms with Crippen molar-refractivity contribution in [1.29, 1.82) is 0 Å². The van der Waals surface area contributed by atoms with Crippen LogP contribution >= 0.6 is 11.8 Å². The molecule has 30 heavy (non-hydrogen) atoms. The van der Waals surface area contributed by atoms with Crippen molar-refractivity contribution < 1.29 is 14.3 Å². The molecule has 3 aromatic rings. The number of carbonyl (C=O) groups is 2. The van der Waals surface area contributed by atoms with E-state index in [-0.39, 0.29) is 17.6 Å². The van der Waals surface area contributed by atoms with Gasteiger partial charge in [0.2, 0.25) is 11.8 Å². The topological polar surface area (TPSA) is 98.1 Å². The maximum Gasteiger partial charge on any atom is 0.234 e. The molecule has 0 aliphatic heterocycles. The Bertz CT molecular complexity index is 1030. The van der Waals surface area contributed by atoms with E-state index >= 15 is 0 Å². The predicted molar refractivity (Wildman–Crippen MR) is 118 cm³/mol. The number of methoxy groups -OCH3 is 1. The SMILES string of the molecule is CCn1c(SCC(=O)Nc2ccccc2OC)nnc1-c1ccc(NC(C)=O)cc1. The van der Waals surface area contributed by atoms with Gasteiger partial charge in [-0.05, 0) is 43.3 Å². The van der Waals surface area contributed by atoms with Gasteiger partial charge in [-0.3, -0.25) is 9.59 Å². The summed E-state index contributed by atoms with van der Waals surface area (Å²) in [4.78, 5) is 23.5. The quantitative estimate of drug-likeness (QED) is 0.535. The van der Waals surface area contributed by atoms with Crippen LogP contribution in [-0.4, -0.2) is 39.4 Å². The number of para-hydroxylation sites is 2. The van der Waals surface area contributed by atoms with Crippen molar-refractivity contribution in [3.63, 3.8) is 0 Å². The molecule has 0 unspecified atom stereocenters. The van der Waals surface area contributed by atoms with Crippen molar-refractivity contribution >= 4 is 35.0 Å². The molecule has 0 spiro atoms. The number of benzene rings is 2. The second-order valence-electron chi connectivity index (χ2n) is 6.35. The smallest absolute Gasteiger partial charge is 0.234 e. The van der Waals surface area contributed by atoms with Gasteiger partial charge in [0.15, 0.2) is 11.0 Å². The van der Waals surface area contributed by atoms with Gasteiger partial charge in [0.05, 0.1) is 18.6 Å². The first-order chi connectivity index (χ1) is 14.5. The molecule has 0 atom stereocenters. The van der Waals surface area contributed by atoms with Crippen molar-refractivity contribution in [3.05, 3.63) is 48.5 Å². The fraction of sp³-hybridized carbons (Fsp3) is 0.238. The lowest BCUT2D eigenvalue weighted by Gasteiger charge is -2.10. The third kappa shape index (κ3) is 5.18. The van der Waals surface area contributed by atoms with E-state index < -0.39 is 0 Å². The maximum atomic E-state index is 12.4. The zero-order chi connectivity index (χ0) is 21.5. The van der Waals surface area contributed by atoms with Crippen molar-refractivity contribution in [2.75, 3.05) is 23.5 Å². The van der Waals surface area contributed by atoms with E-state index in [0.717, 1.165) is 11.3 Å². The van der Waals surface area contributed by atoms with E-state index in [2.05, 4.69) is 20.8 Å². The molecule has 3 rings (SSSR count). The normalized spacial score (nSPS) is 10.5. The van der Waals surface area contributed by atoms with Gasteiger partial charge in [-0.15, -0.1) is 10.2 Å². The van der Waals surface area contributed by atoms with Crippen LogP contribution in [0.15, 0.2) is 53.7 Å². The van der Waals surface area contributed by atoms with Gasteiger partial charge >= 0.3 is 0 Å². The fourth-order valence-corrected chi connectivity index (χ4v) is 3.67.